The third-order valence-electron chi connectivity index (χ3n) is 3.53. The molecule has 3 rings (SSSR count). The van der Waals surface area contributed by atoms with E-state index in [2.05, 4.69) is 37.2 Å². The molecule has 1 heterocycles. The highest BCUT2D eigenvalue weighted by Gasteiger charge is 2.31. The zero-order chi connectivity index (χ0) is 12.5. The van der Waals surface area contributed by atoms with Crippen molar-refractivity contribution in [3.8, 4) is 0 Å². The molecule has 2 nitrogen and oxygen atoms in total. The highest BCUT2D eigenvalue weighted by molar-refractivity contribution is 9.11. The summed E-state index contributed by atoms with van der Waals surface area (Å²) in [7, 11) is 0. The van der Waals surface area contributed by atoms with E-state index in [0.29, 0.717) is 6.04 Å². The van der Waals surface area contributed by atoms with Crippen LogP contribution in [-0.4, -0.2) is 17.0 Å². The molecule has 2 unspecified atom stereocenters. The number of hydrogen-bond acceptors (Lipinski definition) is 3. The Bertz CT molecular complexity index is 470. The van der Waals surface area contributed by atoms with Gasteiger partial charge in [-0.2, -0.15) is 0 Å². The second kappa shape index (κ2) is 5.55. The van der Waals surface area contributed by atoms with Gasteiger partial charge in [0.15, 0.2) is 5.17 Å². The summed E-state index contributed by atoms with van der Waals surface area (Å²) in [6.07, 6.45) is 3.95. The molecule has 1 N–H and O–H groups in total. The first-order valence-corrected chi connectivity index (χ1v) is 8.73. The molecule has 0 spiro atoms. The van der Waals surface area contributed by atoms with Crippen LogP contribution in [0.2, 0.25) is 0 Å². The average molecular weight is 390 g/mol. The van der Waals surface area contributed by atoms with E-state index in [1.54, 1.807) is 0 Å². The first-order chi connectivity index (χ1) is 8.74. The van der Waals surface area contributed by atoms with Crippen LogP contribution in [0.1, 0.15) is 19.3 Å². The van der Waals surface area contributed by atoms with Crippen molar-refractivity contribution >= 4 is 54.5 Å². The molecular weight excluding hydrogens is 376 g/mol. The van der Waals surface area contributed by atoms with E-state index in [-0.39, 0.29) is 0 Å². The normalized spacial score (nSPS) is 26.7. The second-order valence-electron chi connectivity index (χ2n) is 4.73. The fourth-order valence-corrected chi connectivity index (χ4v) is 4.89. The molecule has 0 bridgehead atoms. The van der Waals surface area contributed by atoms with Gasteiger partial charge in [0.05, 0.1) is 11.7 Å². The van der Waals surface area contributed by atoms with Gasteiger partial charge < -0.3 is 5.32 Å². The number of rotatable bonds is 1. The lowest BCUT2D eigenvalue weighted by Gasteiger charge is -2.24. The number of fused-ring (bicyclic) bond motifs is 1. The lowest BCUT2D eigenvalue weighted by atomic mass is 10.1. The largest absolute Gasteiger partial charge is 0.333 e. The third-order valence-corrected chi connectivity index (χ3v) is 5.93. The molecule has 1 saturated carbocycles. The van der Waals surface area contributed by atoms with Gasteiger partial charge in [0.25, 0.3) is 0 Å². The number of halogens is 2. The zero-order valence-electron chi connectivity index (χ0n) is 9.83. The van der Waals surface area contributed by atoms with Crippen molar-refractivity contribution in [3.05, 3.63) is 27.1 Å². The van der Waals surface area contributed by atoms with Crippen LogP contribution in [0, 0.1) is 5.92 Å². The van der Waals surface area contributed by atoms with Gasteiger partial charge in [-0.15, -0.1) is 0 Å². The molecule has 1 aromatic carbocycles. The van der Waals surface area contributed by atoms with Gasteiger partial charge in [0, 0.05) is 14.7 Å². The fourth-order valence-electron chi connectivity index (χ4n) is 2.55. The SMILES string of the molecule is Brc1cccc(Br)c1NC1=NC2CCCC2CS1. The van der Waals surface area contributed by atoms with Crippen molar-refractivity contribution < 1.29 is 0 Å². The summed E-state index contributed by atoms with van der Waals surface area (Å²) in [5.74, 6) is 2.02. The Morgan fingerprint density at radius 1 is 1.22 bits per heavy atom. The van der Waals surface area contributed by atoms with Gasteiger partial charge in [-0.1, -0.05) is 24.2 Å². The summed E-state index contributed by atoms with van der Waals surface area (Å²) in [5, 5.41) is 4.51. The number of nitrogens with zero attached hydrogens (tertiary/aromatic N) is 1. The van der Waals surface area contributed by atoms with Gasteiger partial charge >= 0.3 is 0 Å². The predicted octanol–water partition coefficient (Wildman–Crippen LogP) is 4.90. The first kappa shape index (κ1) is 13.0. The maximum absolute atomic E-state index is 4.85. The molecule has 1 aromatic rings. The summed E-state index contributed by atoms with van der Waals surface area (Å²) in [5.41, 5.74) is 1.07. The number of amidine groups is 1. The van der Waals surface area contributed by atoms with Crippen LogP contribution in [0.4, 0.5) is 5.69 Å². The van der Waals surface area contributed by atoms with Crippen LogP contribution >= 0.6 is 43.6 Å². The highest BCUT2D eigenvalue weighted by Crippen LogP contribution is 2.37. The summed E-state index contributed by atoms with van der Waals surface area (Å²) < 4.78 is 2.13. The van der Waals surface area contributed by atoms with Gasteiger partial charge in [-0.3, -0.25) is 4.99 Å². The Balaban J connectivity index is 1.80. The van der Waals surface area contributed by atoms with E-state index in [0.717, 1.165) is 25.7 Å². The van der Waals surface area contributed by atoms with Crippen LogP contribution in [0.15, 0.2) is 32.1 Å². The number of benzene rings is 1. The van der Waals surface area contributed by atoms with Crippen LogP contribution in [0.25, 0.3) is 0 Å². The Morgan fingerprint density at radius 3 is 2.78 bits per heavy atom. The summed E-state index contributed by atoms with van der Waals surface area (Å²) in [6, 6.07) is 6.65. The molecule has 1 fully saturated rings. The van der Waals surface area contributed by atoms with E-state index in [1.165, 1.54) is 25.0 Å². The molecule has 1 aliphatic carbocycles. The molecule has 0 radical (unpaired) electrons. The lowest BCUT2D eigenvalue weighted by Crippen LogP contribution is -2.25. The molecule has 18 heavy (non-hydrogen) atoms. The minimum atomic E-state index is 0.551. The first-order valence-electron chi connectivity index (χ1n) is 6.15. The van der Waals surface area contributed by atoms with Crippen molar-refractivity contribution in [2.24, 2.45) is 10.9 Å². The van der Waals surface area contributed by atoms with Crippen molar-refractivity contribution in [3.63, 3.8) is 0 Å². The van der Waals surface area contributed by atoms with Gasteiger partial charge in [0.1, 0.15) is 0 Å². The minimum Gasteiger partial charge on any atom is -0.333 e. The van der Waals surface area contributed by atoms with Gasteiger partial charge in [-0.05, 0) is 62.8 Å². The van der Waals surface area contributed by atoms with Crippen molar-refractivity contribution in [2.45, 2.75) is 25.3 Å². The Labute approximate surface area is 128 Å². The molecule has 1 aliphatic heterocycles. The van der Waals surface area contributed by atoms with E-state index < -0.39 is 0 Å². The number of hydrogen-bond donors (Lipinski definition) is 1. The summed E-state index contributed by atoms with van der Waals surface area (Å²) in [6.45, 7) is 0. The van der Waals surface area contributed by atoms with E-state index >= 15 is 0 Å². The van der Waals surface area contributed by atoms with Crippen LogP contribution < -0.4 is 5.32 Å². The van der Waals surface area contributed by atoms with Gasteiger partial charge in [-0.25, -0.2) is 0 Å². The van der Waals surface area contributed by atoms with Crippen LogP contribution in [0.5, 0.6) is 0 Å². The number of thioether (sulfide) groups is 1. The topological polar surface area (TPSA) is 24.4 Å². The number of aliphatic imine (C=N–C) groups is 1. The quantitative estimate of drug-likeness (QED) is 0.738. The maximum Gasteiger partial charge on any atom is 0.161 e. The highest BCUT2D eigenvalue weighted by atomic mass is 79.9. The maximum atomic E-state index is 4.85. The summed E-state index contributed by atoms with van der Waals surface area (Å²) >= 11 is 9.00. The molecule has 0 saturated heterocycles. The molecule has 96 valence electrons. The van der Waals surface area contributed by atoms with E-state index in [4.69, 9.17) is 4.99 Å². The molecule has 0 aromatic heterocycles. The second-order valence-corrected chi connectivity index (χ2v) is 7.44. The number of nitrogens with one attached hydrogen (secondary N) is 1. The Kier molecular flexibility index (Phi) is 4.01. The zero-order valence-corrected chi connectivity index (χ0v) is 13.8. The van der Waals surface area contributed by atoms with Crippen molar-refractivity contribution in [2.75, 3.05) is 11.1 Å². The van der Waals surface area contributed by atoms with E-state index in [9.17, 15) is 0 Å². The number of anilines is 1. The monoisotopic (exact) mass is 388 g/mol. The molecule has 5 heteroatoms. The summed E-state index contributed by atoms with van der Waals surface area (Å²) in [4.78, 5) is 4.85. The third kappa shape index (κ3) is 2.63. The predicted molar refractivity (Wildman–Crippen MR) is 86.5 cm³/mol. The fraction of sp³-hybridized carbons (Fsp3) is 0.462. The van der Waals surface area contributed by atoms with Crippen LogP contribution in [-0.2, 0) is 0 Å². The molecule has 2 atom stereocenters. The molecule has 2 aliphatic rings. The van der Waals surface area contributed by atoms with Crippen molar-refractivity contribution in [1.82, 2.24) is 0 Å². The smallest absolute Gasteiger partial charge is 0.161 e. The van der Waals surface area contributed by atoms with Gasteiger partial charge in [0.2, 0.25) is 0 Å². The average Bonchev–Trinajstić information content (AvgIpc) is 2.81. The lowest BCUT2D eigenvalue weighted by molar-refractivity contribution is 0.535. The van der Waals surface area contributed by atoms with Crippen LogP contribution in [0.3, 0.4) is 0 Å². The minimum absolute atomic E-state index is 0.551. The Hall–Kier alpha value is -0.000000000000000111. The van der Waals surface area contributed by atoms with E-state index in [1.807, 2.05) is 30.0 Å². The molecule has 0 amide bonds. The Morgan fingerprint density at radius 2 is 2.00 bits per heavy atom. The molecular formula is C13H14Br2N2S. The van der Waals surface area contributed by atoms with Crippen molar-refractivity contribution in [1.29, 1.82) is 0 Å². The standard InChI is InChI=1S/C13H14Br2N2S/c14-9-4-2-5-10(15)12(9)17-13-16-11-6-1-3-8(11)7-18-13/h2,4-5,8,11H,1,3,6-7H2,(H,16,17). The number of para-hydroxylation sites is 1.